The second-order valence-electron chi connectivity index (χ2n) is 2.99. The number of nitrogens with two attached hydrogens (primary N) is 1. The van der Waals surface area contributed by atoms with Gasteiger partial charge >= 0.3 is 0 Å². The molecule has 0 aliphatic carbocycles. The molecule has 0 aliphatic rings. The van der Waals surface area contributed by atoms with Crippen molar-refractivity contribution in [2.75, 3.05) is 5.73 Å². The Morgan fingerprint density at radius 3 is 2.75 bits per heavy atom. The minimum atomic E-state index is 0.401. The van der Waals surface area contributed by atoms with Gasteiger partial charge in [0.2, 0.25) is 0 Å². The van der Waals surface area contributed by atoms with Crippen molar-refractivity contribution in [3.63, 3.8) is 0 Å². The molecule has 0 bridgehead atoms. The maximum Gasteiger partial charge on any atom is 0.140 e. The molecule has 0 amide bonds. The lowest BCUT2D eigenvalue weighted by Crippen LogP contribution is -1.90. The van der Waals surface area contributed by atoms with E-state index in [1.165, 1.54) is 11.8 Å². The highest BCUT2D eigenvalue weighted by molar-refractivity contribution is 7.99. The molecule has 2 aromatic heterocycles. The predicted octanol–water partition coefficient (Wildman–Crippen LogP) is 2.08. The summed E-state index contributed by atoms with van der Waals surface area (Å²) in [5.41, 5.74) is 6.81. The van der Waals surface area contributed by atoms with Crippen LogP contribution in [0.25, 0.3) is 0 Å². The molecule has 0 fully saturated rings. The van der Waals surface area contributed by atoms with Gasteiger partial charge < -0.3 is 5.73 Å². The number of rotatable bonds is 2. The largest absolute Gasteiger partial charge is 0.397 e. The van der Waals surface area contributed by atoms with Gasteiger partial charge in [0.15, 0.2) is 0 Å². The van der Waals surface area contributed by atoms with Crippen LogP contribution in [0.3, 0.4) is 0 Å². The van der Waals surface area contributed by atoms with Crippen LogP contribution in [-0.4, -0.2) is 9.97 Å². The minimum Gasteiger partial charge on any atom is -0.397 e. The zero-order valence-corrected chi connectivity index (χ0v) is 9.11. The molecule has 2 rings (SSSR count). The molecule has 0 radical (unpaired) electrons. The number of nitrogens with zero attached hydrogens (tertiary/aromatic N) is 3. The zero-order valence-electron chi connectivity index (χ0n) is 8.29. The summed E-state index contributed by atoms with van der Waals surface area (Å²) in [5, 5.41) is 9.36. The Morgan fingerprint density at radius 2 is 2.12 bits per heavy atom. The van der Waals surface area contributed by atoms with Gasteiger partial charge in [0.25, 0.3) is 0 Å². The fraction of sp³-hybridized carbons (Fsp3) is 0. The lowest BCUT2D eigenvalue weighted by molar-refractivity contribution is 1.13. The van der Waals surface area contributed by atoms with E-state index < -0.39 is 0 Å². The maximum absolute atomic E-state index is 8.61. The van der Waals surface area contributed by atoms with E-state index in [1.54, 1.807) is 30.6 Å². The van der Waals surface area contributed by atoms with E-state index in [9.17, 15) is 0 Å². The van der Waals surface area contributed by atoms with E-state index in [2.05, 4.69) is 9.97 Å². The normalized spacial score (nSPS) is 9.69. The summed E-state index contributed by atoms with van der Waals surface area (Å²) in [6, 6.07) is 9.05. The quantitative estimate of drug-likeness (QED) is 0.851. The Balaban J connectivity index is 2.22. The number of nitrogen functional groups attached to an aromatic ring is 1. The average Bonchev–Trinajstić information content (AvgIpc) is 2.33. The van der Waals surface area contributed by atoms with Gasteiger partial charge in [-0.25, -0.2) is 9.97 Å². The van der Waals surface area contributed by atoms with Gasteiger partial charge in [-0.3, -0.25) is 0 Å². The first-order valence-corrected chi connectivity index (χ1v) is 5.36. The topological polar surface area (TPSA) is 75.6 Å². The van der Waals surface area contributed by atoms with Gasteiger partial charge in [-0.2, -0.15) is 5.26 Å². The molecule has 0 saturated carbocycles. The molecule has 0 unspecified atom stereocenters. The molecular weight excluding hydrogens is 220 g/mol. The van der Waals surface area contributed by atoms with E-state index in [1.807, 2.05) is 12.1 Å². The van der Waals surface area contributed by atoms with Gasteiger partial charge in [0.05, 0.1) is 5.69 Å². The highest BCUT2D eigenvalue weighted by Gasteiger charge is 2.02. The summed E-state index contributed by atoms with van der Waals surface area (Å²) in [6.45, 7) is 0. The Morgan fingerprint density at radius 1 is 1.25 bits per heavy atom. The number of anilines is 1. The van der Waals surface area contributed by atoms with Crippen LogP contribution in [-0.2, 0) is 0 Å². The lowest BCUT2D eigenvalue weighted by Gasteiger charge is -2.02. The van der Waals surface area contributed by atoms with Crippen LogP contribution in [0.15, 0.2) is 46.6 Å². The van der Waals surface area contributed by atoms with Crippen LogP contribution in [0.4, 0.5) is 5.69 Å². The molecule has 4 nitrogen and oxygen atoms in total. The number of pyridine rings is 2. The smallest absolute Gasteiger partial charge is 0.140 e. The predicted molar refractivity (Wildman–Crippen MR) is 61.7 cm³/mol. The van der Waals surface area contributed by atoms with Crippen LogP contribution in [0, 0.1) is 11.3 Å². The highest BCUT2D eigenvalue weighted by Crippen LogP contribution is 2.29. The third-order valence-electron chi connectivity index (χ3n) is 1.87. The molecule has 0 aliphatic heterocycles. The van der Waals surface area contributed by atoms with Gasteiger partial charge in [0.1, 0.15) is 16.8 Å². The molecule has 0 atom stereocenters. The first-order chi connectivity index (χ1) is 7.79. The molecular formula is C11H8N4S. The Bertz CT molecular complexity index is 530. The highest BCUT2D eigenvalue weighted by atomic mass is 32.2. The van der Waals surface area contributed by atoms with Crippen LogP contribution in [0.1, 0.15) is 5.69 Å². The first-order valence-electron chi connectivity index (χ1n) is 4.54. The van der Waals surface area contributed by atoms with E-state index in [0.717, 1.165) is 9.92 Å². The van der Waals surface area contributed by atoms with Crippen molar-refractivity contribution in [3.8, 4) is 6.07 Å². The molecule has 2 heterocycles. The second kappa shape index (κ2) is 4.64. The number of nitriles is 1. The van der Waals surface area contributed by atoms with Crippen molar-refractivity contribution in [3.05, 3.63) is 42.4 Å². The monoisotopic (exact) mass is 228 g/mol. The number of aromatic nitrogens is 2. The summed E-state index contributed by atoms with van der Waals surface area (Å²) in [6.07, 6.45) is 3.33. The minimum absolute atomic E-state index is 0.401. The third-order valence-corrected chi connectivity index (χ3v) is 2.88. The van der Waals surface area contributed by atoms with E-state index in [-0.39, 0.29) is 0 Å². The molecule has 16 heavy (non-hydrogen) atoms. The summed E-state index contributed by atoms with van der Waals surface area (Å²) < 4.78 is 0. The van der Waals surface area contributed by atoms with Crippen LogP contribution in [0.2, 0.25) is 0 Å². The summed E-state index contributed by atoms with van der Waals surface area (Å²) >= 11 is 1.43. The standard InChI is InChI=1S/C11H8N4S/c12-6-8-3-4-9(7-15-8)16-11-10(13)2-1-5-14-11/h1-5,7H,13H2. The first kappa shape index (κ1) is 10.5. The average molecular weight is 228 g/mol. The summed E-state index contributed by atoms with van der Waals surface area (Å²) in [7, 11) is 0. The SMILES string of the molecule is N#Cc1ccc(Sc2ncccc2N)cn1. The van der Waals surface area contributed by atoms with E-state index in [4.69, 9.17) is 11.0 Å². The Labute approximate surface area is 97.1 Å². The summed E-state index contributed by atoms with van der Waals surface area (Å²) in [5.74, 6) is 0. The van der Waals surface area contributed by atoms with E-state index in [0.29, 0.717) is 11.4 Å². The van der Waals surface area contributed by atoms with Crippen molar-refractivity contribution >= 4 is 17.4 Å². The molecule has 5 heteroatoms. The van der Waals surface area contributed by atoms with Crippen molar-refractivity contribution < 1.29 is 0 Å². The molecule has 78 valence electrons. The van der Waals surface area contributed by atoms with Gasteiger partial charge in [-0.15, -0.1) is 0 Å². The van der Waals surface area contributed by atoms with Gasteiger partial charge in [-0.1, -0.05) is 11.8 Å². The van der Waals surface area contributed by atoms with Crippen LogP contribution >= 0.6 is 11.8 Å². The van der Waals surface area contributed by atoms with Crippen LogP contribution in [0.5, 0.6) is 0 Å². The molecule has 0 aromatic carbocycles. The lowest BCUT2D eigenvalue weighted by atomic mass is 10.4. The van der Waals surface area contributed by atoms with Crippen molar-refractivity contribution in [2.45, 2.75) is 9.92 Å². The van der Waals surface area contributed by atoms with Crippen LogP contribution < -0.4 is 5.73 Å². The Hall–Kier alpha value is -2.06. The second-order valence-corrected chi connectivity index (χ2v) is 4.05. The molecule has 0 spiro atoms. The number of hydrogen-bond acceptors (Lipinski definition) is 5. The Kier molecular flexibility index (Phi) is 3.03. The van der Waals surface area contributed by atoms with Crippen molar-refractivity contribution in [1.29, 1.82) is 5.26 Å². The fourth-order valence-corrected chi connectivity index (χ4v) is 1.87. The summed E-state index contributed by atoms with van der Waals surface area (Å²) in [4.78, 5) is 9.04. The molecule has 2 aromatic rings. The number of hydrogen-bond donors (Lipinski definition) is 1. The van der Waals surface area contributed by atoms with Crippen molar-refractivity contribution in [1.82, 2.24) is 9.97 Å². The van der Waals surface area contributed by atoms with Gasteiger partial charge in [-0.05, 0) is 24.3 Å². The third kappa shape index (κ3) is 2.30. The maximum atomic E-state index is 8.61. The fourth-order valence-electron chi connectivity index (χ4n) is 1.11. The molecule has 0 saturated heterocycles. The molecule has 2 N–H and O–H groups in total. The van der Waals surface area contributed by atoms with Crippen molar-refractivity contribution in [2.24, 2.45) is 0 Å². The zero-order chi connectivity index (χ0) is 11.4. The van der Waals surface area contributed by atoms with E-state index >= 15 is 0 Å². The van der Waals surface area contributed by atoms with Gasteiger partial charge in [0, 0.05) is 17.3 Å².